The first kappa shape index (κ1) is 13.3. The Balaban J connectivity index is 0.00000112. The van der Waals surface area contributed by atoms with Crippen molar-refractivity contribution in [2.45, 2.75) is 50.6 Å². The Morgan fingerprint density at radius 2 is 1.33 bits per heavy atom. The van der Waals surface area contributed by atoms with Crippen molar-refractivity contribution < 1.29 is 8.42 Å². The van der Waals surface area contributed by atoms with Crippen LogP contribution in [0.5, 0.6) is 0 Å². The van der Waals surface area contributed by atoms with Crippen LogP contribution in [0.1, 0.15) is 38.5 Å². The van der Waals surface area contributed by atoms with Crippen molar-refractivity contribution in [2.75, 3.05) is 11.5 Å². The fourth-order valence-corrected chi connectivity index (χ4v) is 3.97. The van der Waals surface area contributed by atoms with E-state index in [1.165, 1.54) is 25.7 Å². The molecule has 1 aliphatic carbocycles. The molecule has 90 valence electrons. The van der Waals surface area contributed by atoms with E-state index in [0.717, 1.165) is 12.8 Å². The SMILES string of the molecule is Cl.O=S1(=O)CCC(NC2CCCC2)CC1. The van der Waals surface area contributed by atoms with Crippen molar-refractivity contribution in [3.05, 3.63) is 0 Å². The molecule has 0 spiro atoms. The summed E-state index contributed by atoms with van der Waals surface area (Å²) in [5, 5.41) is 3.59. The highest BCUT2D eigenvalue weighted by atomic mass is 35.5. The third kappa shape index (κ3) is 3.93. The van der Waals surface area contributed by atoms with Crippen LogP contribution in [0.15, 0.2) is 0 Å². The fourth-order valence-electron chi connectivity index (χ4n) is 2.48. The summed E-state index contributed by atoms with van der Waals surface area (Å²) in [6.45, 7) is 0. The van der Waals surface area contributed by atoms with Crippen LogP contribution < -0.4 is 5.32 Å². The topological polar surface area (TPSA) is 46.2 Å². The predicted octanol–water partition coefficient (Wildman–Crippen LogP) is 1.52. The van der Waals surface area contributed by atoms with Gasteiger partial charge in [-0.3, -0.25) is 0 Å². The molecule has 5 heteroatoms. The number of halogens is 1. The molecule has 0 bridgehead atoms. The first-order valence-corrected chi connectivity index (χ1v) is 7.44. The molecule has 0 atom stereocenters. The third-order valence-electron chi connectivity index (χ3n) is 3.38. The van der Waals surface area contributed by atoms with Crippen LogP contribution >= 0.6 is 12.4 Å². The zero-order chi connectivity index (χ0) is 10.0. The summed E-state index contributed by atoms with van der Waals surface area (Å²) >= 11 is 0. The quantitative estimate of drug-likeness (QED) is 0.812. The maximum atomic E-state index is 11.2. The van der Waals surface area contributed by atoms with E-state index in [-0.39, 0.29) is 12.4 Å². The van der Waals surface area contributed by atoms with Gasteiger partial charge in [-0.15, -0.1) is 12.4 Å². The summed E-state index contributed by atoms with van der Waals surface area (Å²) in [7, 11) is -2.69. The second-order valence-corrected chi connectivity index (χ2v) is 6.88. The highest BCUT2D eigenvalue weighted by Crippen LogP contribution is 2.20. The average Bonchev–Trinajstić information content (AvgIpc) is 2.61. The summed E-state index contributed by atoms with van der Waals surface area (Å²) in [5.74, 6) is 0.773. The van der Waals surface area contributed by atoms with E-state index in [4.69, 9.17) is 0 Å². The summed E-state index contributed by atoms with van der Waals surface area (Å²) in [4.78, 5) is 0. The normalized spacial score (nSPS) is 27.5. The van der Waals surface area contributed by atoms with E-state index >= 15 is 0 Å². The lowest BCUT2D eigenvalue weighted by Crippen LogP contribution is -2.42. The predicted molar refractivity (Wildman–Crippen MR) is 64.3 cm³/mol. The standard InChI is InChI=1S/C10H19NO2S.ClH/c12-14(13)7-5-10(6-8-14)11-9-3-1-2-4-9;/h9-11H,1-8H2;1H. The number of hydrogen-bond donors (Lipinski definition) is 1. The number of rotatable bonds is 2. The minimum absolute atomic E-state index is 0. The molecule has 2 rings (SSSR count). The largest absolute Gasteiger partial charge is 0.311 e. The Kier molecular flexibility index (Phi) is 4.87. The lowest BCUT2D eigenvalue weighted by Gasteiger charge is -2.26. The van der Waals surface area contributed by atoms with Crippen LogP contribution in [0.2, 0.25) is 0 Å². The van der Waals surface area contributed by atoms with E-state index in [2.05, 4.69) is 5.32 Å². The van der Waals surface area contributed by atoms with Crippen LogP contribution in [-0.2, 0) is 9.84 Å². The van der Waals surface area contributed by atoms with Crippen molar-refractivity contribution in [2.24, 2.45) is 0 Å². The maximum absolute atomic E-state index is 11.2. The zero-order valence-corrected chi connectivity index (χ0v) is 10.6. The third-order valence-corrected chi connectivity index (χ3v) is 5.10. The first-order valence-electron chi connectivity index (χ1n) is 5.62. The van der Waals surface area contributed by atoms with Crippen LogP contribution in [0.25, 0.3) is 0 Å². The van der Waals surface area contributed by atoms with Gasteiger partial charge in [0, 0.05) is 12.1 Å². The summed E-state index contributed by atoms with van der Waals surface area (Å²) in [5.41, 5.74) is 0. The molecule has 1 saturated heterocycles. The molecular weight excluding hydrogens is 234 g/mol. The molecule has 0 aromatic carbocycles. The van der Waals surface area contributed by atoms with Gasteiger partial charge < -0.3 is 5.32 Å². The van der Waals surface area contributed by atoms with Gasteiger partial charge in [-0.2, -0.15) is 0 Å². The molecule has 0 aromatic rings. The second-order valence-electron chi connectivity index (χ2n) is 4.57. The lowest BCUT2D eigenvalue weighted by molar-refractivity contribution is 0.402. The zero-order valence-electron chi connectivity index (χ0n) is 8.94. The van der Waals surface area contributed by atoms with Gasteiger partial charge in [0.05, 0.1) is 11.5 Å². The number of sulfone groups is 1. The molecule has 2 aliphatic rings. The summed E-state index contributed by atoms with van der Waals surface area (Å²) in [6, 6.07) is 1.13. The fraction of sp³-hybridized carbons (Fsp3) is 1.00. The van der Waals surface area contributed by atoms with Gasteiger partial charge in [-0.1, -0.05) is 12.8 Å². The molecule has 1 saturated carbocycles. The Morgan fingerprint density at radius 3 is 1.87 bits per heavy atom. The monoisotopic (exact) mass is 253 g/mol. The van der Waals surface area contributed by atoms with Crippen molar-refractivity contribution in [1.82, 2.24) is 5.32 Å². The molecule has 2 fully saturated rings. The van der Waals surface area contributed by atoms with E-state index in [0.29, 0.717) is 23.6 Å². The van der Waals surface area contributed by atoms with Gasteiger partial charge in [0.25, 0.3) is 0 Å². The van der Waals surface area contributed by atoms with Crippen molar-refractivity contribution in [1.29, 1.82) is 0 Å². The van der Waals surface area contributed by atoms with Crippen LogP contribution in [0, 0.1) is 0 Å². The molecule has 0 radical (unpaired) electrons. The molecular formula is C10H20ClNO2S. The van der Waals surface area contributed by atoms with Gasteiger partial charge in [0.15, 0.2) is 0 Å². The molecule has 0 aromatic heterocycles. The summed E-state index contributed by atoms with van der Waals surface area (Å²) < 4.78 is 22.4. The molecule has 0 amide bonds. The number of hydrogen-bond acceptors (Lipinski definition) is 3. The van der Waals surface area contributed by atoms with E-state index in [1.807, 2.05) is 0 Å². The van der Waals surface area contributed by atoms with E-state index in [1.54, 1.807) is 0 Å². The average molecular weight is 254 g/mol. The van der Waals surface area contributed by atoms with Gasteiger partial charge in [-0.25, -0.2) is 8.42 Å². The van der Waals surface area contributed by atoms with Gasteiger partial charge in [0.2, 0.25) is 0 Å². The Hall–Kier alpha value is 0.200. The molecule has 1 aliphatic heterocycles. The molecule has 1 N–H and O–H groups in total. The highest BCUT2D eigenvalue weighted by molar-refractivity contribution is 7.91. The van der Waals surface area contributed by atoms with Crippen LogP contribution in [0.3, 0.4) is 0 Å². The number of nitrogens with one attached hydrogen (secondary N) is 1. The minimum Gasteiger partial charge on any atom is -0.311 e. The van der Waals surface area contributed by atoms with Gasteiger partial charge in [0.1, 0.15) is 9.84 Å². The molecule has 3 nitrogen and oxygen atoms in total. The molecule has 0 unspecified atom stereocenters. The van der Waals surface area contributed by atoms with Crippen molar-refractivity contribution >= 4 is 22.2 Å². The Labute approximate surface area is 98.3 Å². The van der Waals surface area contributed by atoms with E-state index < -0.39 is 9.84 Å². The first-order chi connectivity index (χ1) is 6.66. The maximum Gasteiger partial charge on any atom is 0.150 e. The van der Waals surface area contributed by atoms with Crippen LogP contribution in [0.4, 0.5) is 0 Å². The smallest absolute Gasteiger partial charge is 0.150 e. The van der Waals surface area contributed by atoms with Gasteiger partial charge >= 0.3 is 0 Å². The van der Waals surface area contributed by atoms with E-state index in [9.17, 15) is 8.42 Å². The highest BCUT2D eigenvalue weighted by Gasteiger charge is 2.26. The molecule has 15 heavy (non-hydrogen) atoms. The van der Waals surface area contributed by atoms with Gasteiger partial charge in [-0.05, 0) is 25.7 Å². The lowest BCUT2D eigenvalue weighted by atomic mass is 10.1. The minimum atomic E-state index is -2.69. The molecule has 1 heterocycles. The summed E-state index contributed by atoms with van der Waals surface area (Å²) in [6.07, 6.45) is 6.87. The van der Waals surface area contributed by atoms with Crippen molar-refractivity contribution in [3.8, 4) is 0 Å². The Morgan fingerprint density at radius 1 is 0.867 bits per heavy atom. The van der Waals surface area contributed by atoms with Crippen molar-refractivity contribution in [3.63, 3.8) is 0 Å². The van der Waals surface area contributed by atoms with Crippen LogP contribution in [-0.4, -0.2) is 32.0 Å². The Bertz CT molecular complexity index is 272. The second kappa shape index (κ2) is 5.51.